The first-order valence-corrected chi connectivity index (χ1v) is 10.6. The van der Waals surface area contributed by atoms with Crippen LogP contribution in [0.5, 0.6) is 11.6 Å². The highest BCUT2D eigenvalue weighted by atomic mass is 16.5. The summed E-state index contributed by atoms with van der Waals surface area (Å²) >= 11 is 0. The lowest BCUT2D eigenvalue weighted by Gasteiger charge is -2.33. The van der Waals surface area contributed by atoms with Gasteiger partial charge in [0.05, 0.1) is 0 Å². The molecule has 2 aromatic carbocycles. The normalized spacial score (nSPS) is 16.2. The van der Waals surface area contributed by atoms with Crippen molar-refractivity contribution >= 4 is 11.8 Å². The fourth-order valence-corrected chi connectivity index (χ4v) is 4.06. The Hall–Kier alpha value is -3.38. The number of benzene rings is 2. The number of aliphatic carboxylic acids is 1. The van der Waals surface area contributed by atoms with Crippen molar-refractivity contribution in [1.29, 1.82) is 0 Å². The van der Waals surface area contributed by atoms with E-state index in [1.54, 1.807) is 6.07 Å². The van der Waals surface area contributed by atoms with Gasteiger partial charge in [0, 0.05) is 19.2 Å². The highest BCUT2D eigenvalue weighted by molar-refractivity contribution is 5.78. The first-order valence-electron chi connectivity index (χ1n) is 10.6. The zero-order chi connectivity index (χ0) is 21.8. The maximum atomic E-state index is 11.7. The molecular weight excluding hydrogens is 390 g/mol. The number of nitrogens with two attached hydrogens (primary N) is 1. The number of carbonyl (C=O) groups is 1. The van der Waals surface area contributed by atoms with Gasteiger partial charge in [-0.05, 0) is 72.7 Å². The minimum Gasteiger partial charge on any atom is -0.480 e. The molecule has 3 N–H and O–H groups in total. The summed E-state index contributed by atoms with van der Waals surface area (Å²) in [4.78, 5) is 18.1. The molecule has 6 heteroatoms. The fourth-order valence-electron chi connectivity index (χ4n) is 4.06. The summed E-state index contributed by atoms with van der Waals surface area (Å²) in [5.74, 6) is 0.953. The number of pyridine rings is 1. The summed E-state index contributed by atoms with van der Waals surface area (Å²) in [6.45, 7) is 3.20. The Kier molecular flexibility index (Phi) is 6.18. The largest absolute Gasteiger partial charge is 0.480 e. The molecule has 2 heterocycles. The van der Waals surface area contributed by atoms with Crippen molar-refractivity contribution in [3.63, 3.8) is 0 Å². The highest BCUT2D eigenvalue weighted by Crippen LogP contribution is 2.31. The van der Waals surface area contributed by atoms with Crippen LogP contribution >= 0.6 is 0 Å². The standard InChI is InChI=1S/C25H27N3O3/c1-17-12-20(19-7-4-6-18(14-19)16-26)15-21(13-17)31-24-10-5-9-23(27-24)28-11-3-2-8-22(28)25(29)30/h4-7,9-10,12-15,22H,2-3,8,11,16,26H2,1H3,(H,29,30). The van der Waals surface area contributed by atoms with Gasteiger partial charge < -0.3 is 20.5 Å². The molecular formula is C25H27N3O3. The Morgan fingerprint density at radius 1 is 1.13 bits per heavy atom. The Balaban J connectivity index is 1.60. The summed E-state index contributed by atoms with van der Waals surface area (Å²) in [6.07, 6.45) is 2.51. The van der Waals surface area contributed by atoms with Gasteiger partial charge in [0.15, 0.2) is 0 Å². The number of carboxylic acids is 1. The third-order valence-corrected chi connectivity index (χ3v) is 5.56. The predicted molar refractivity (Wildman–Crippen MR) is 121 cm³/mol. The van der Waals surface area contributed by atoms with Crippen LogP contribution in [-0.4, -0.2) is 28.6 Å². The van der Waals surface area contributed by atoms with Gasteiger partial charge >= 0.3 is 5.97 Å². The van der Waals surface area contributed by atoms with Gasteiger partial charge in [-0.3, -0.25) is 0 Å². The molecule has 0 spiro atoms. The maximum Gasteiger partial charge on any atom is 0.326 e. The van der Waals surface area contributed by atoms with Crippen molar-refractivity contribution in [2.24, 2.45) is 5.73 Å². The number of aromatic nitrogens is 1. The van der Waals surface area contributed by atoms with E-state index in [0.29, 0.717) is 37.0 Å². The van der Waals surface area contributed by atoms with Crippen molar-refractivity contribution in [3.8, 4) is 22.8 Å². The number of hydrogen-bond donors (Lipinski definition) is 2. The monoisotopic (exact) mass is 417 g/mol. The molecule has 160 valence electrons. The molecule has 0 radical (unpaired) electrons. The number of nitrogens with zero attached hydrogens (tertiary/aromatic N) is 2. The molecule has 1 aliphatic rings. The van der Waals surface area contributed by atoms with Crippen LogP contribution in [0.25, 0.3) is 11.1 Å². The molecule has 1 unspecified atom stereocenters. The van der Waals surface area contributed by atoms with Crippen LogP contribution in [0.15, 0.2) is 60.7 Å². The quantitative estimate of drug-likeness (QED) is 0.602. The topological polar surface area (TPSA) is 88.7 Å². The maximum absolute atomic E-state index is 11.7. The molecule has 4 rings (SSSR count). The zero-order valence-electron chi connectivity index (χ0n) is 17.6. The average molecular weight is 418 g/mol. The average Bonchev–Trinajstić information content (AvgIpc) is 2.79. The van der Waals surface area contributed by atoms with Crippen LogP contribution in [0.2, 0.25) is 0 Å². The van der Waals surface area contributed by atoms with E-state index >= 15 is 0 Å². The van der Waals surface area contributed by atoms with E-state index in [1.165, 1.54) is 0 Å². The van der Waals surface area contributed by atoms with Gasteiger partial charge in [0.1, 0.15) is 17.6 Å². The summed E-state index contributed by atoms with van der Waals surface area (Å²) in [5.41, 5.74) is 10.1. The molecule has 0 saturated carbocycles. The van der Waals surface area contributed by atoms with E-state index in [4.69, 9.17) is 10.5 Å². The lowest BCUT2D eigenvalue weighted by Crippen LogP contribution is -2.45. The van der Waals surface area contributed by atoms with Gasteiger partial charge in [-0.15, -0.1) is 0 Å². The van der Waals surface area contributed by atoms with Crippen molar-refractivity contribution in [2.75, 3.05) is 11.4 Å². The van der Waals surface area contributed by atoms with Gasteiger partial charge in [0.2, 0.25) is 5.88 Å². The summed E-state index contributed by atoms with van der Waals surface area (Å²) < 4.78 is 6.10. The van der Waals surface area contributed by atoms with E-state index in [1.807, 2.05) is 48.2 Å². The van der Waals surface area contributed by atoms with Crippen molar-refractivity contribution in [1.82, 2.24) is 4.98 Å². The highest BCUT2D eigenvalue weighted by Gasteiger charge is 2.29. The first kappa shape index (κ1) is 20.9. The minimum atomic E-state index is -0.809. The molecule has 6 nitrogen and oxygen atoms in total. The Labute approximate surface area is 182 Å². The second-order valence-electron chi connectivity index (χ2n) is 7.92. The van der Waals surface area contributed by atoms with Gasteiger partial charge in [-0.25, -0.2) is 4.79 Å². The van der Waals surface area contributed by atoms with Crippen molar-refractivity contribution in [3.05, 3.63) is 71.8 Å². The van der Waals surface area contributed by atoms with Gasteiger partial charge in [-0.1, -0.05) is 30.3 Å². The number of rotatable bonds is 6. The Morgan fingerprint density at radius 2 is 1.97 bits per heavy atom. The second kappa shape index (κ2) is 9.18. The van der Waals surface area contributed by atoms with Crippen LogP contribution < -0.4 is 15.4 Å². The van der Waals surface area contributed by atoms with Crippen LogP contribution in [-0.2, 0) is 11.3 Å². The van der Waals surface area contributed by atoms with Crippen molar-refractivity contribution in [2.45, 2.75) is 38.8 Å². The van der Waals surface area contributed by atoms with Gasteiger partial charge in [-0.2, -0.15) is 4.98 Å². The number of carboxylic acid groups (broad SMARTS) is 1. The molecule has 1 saturated heterocycles. The second-order valence-corrected chi connectivity index (χ2v) is 7.92. The molecule has 1 aliphatic heterocycles. The third-order valence-electron chi connectivity index (χ3n) is 5.56. The molecule has 1 aromatic heterocycles. The number of aryl methyl sites for hydroxylation is 1. The van der Waals surface area contributed by atoms with E-state index in [9.17, 15) is 9.90 Å². The number of ether oxygens (including phenoxy) is 1. The SMILES string of the molecule is Cc1cc(Oc2cccc(N3CCCCC3C(=O)O)n2)cc(-c2cccc(CN)c2)c1. The summed E-state index contributed by atoms with van der Waals surface area (Å²) in [6, 6.07) is 19.2. The summed E-state index contributed by atoms with van der Waals surface area (Å²) in [5, 5.41) is 9.57. The Morgan fingerprint density at radius 3 is 2.77 bits per heavy atom. The lowest BCUT2D eigenvalue weighted by molar-refractivity contribution is -0.139. The first-order chi connectivity index (χ1) is 15.0. The van der Waals surface area contributed by atoms with E-state index < -0.39 is 12.0 Å². The molecule has 1 fully saturated rings. The van der Waals surface area contributed by atoms with E-state index in [-0.39, 0.29) is 0 Å². The third kappa shape index (κ3) is 4.86. The number of piperidine rings is 1. The Bertz CT molecular complexity index is 1080. The van der Waals surface area contributed by atoms with E-state index in [2.05, 4.69) is 23.2 Å². The van der Waals surface area contributed by atoms with Crippen LogP contribution in [0.4, 0.5) is 5.82 Å². The molecule has 3 aromatic rings. The van der Waals surface area contributed by atoms with Crippen LogP contribution in [0.3, 0.4) is 0 Å². The lowest BCUT2D eigenvalue weighted by atomic mass is 10.0. The molecule has 0 bridgehead atoms. The minimum absolute atomic E-state index is 0.444. The molecule has 1 atom stereocenters. The van der Waals surface area contributed by atoms with E-state index in [0.717, 1.165) is 35.1 Å². The predicted octanol–water partition coefficient (Wildman–Crippen LogP) is 4.75. The van der Waals surface area contributed by atoms with Crippen LogP contribution in [0, 0.1) is 6.92 Å². The number of anilines is 1. The molecule has 0 aliphatic carbocycles. The zero-order valence-corrected chi connectivity index (χ0v) is 17.6. The number of hydrogen-bond acceptors (Lipinski definition) is 5. The van der Waals surface area contributed by atoms with Gasteiger partial charge in [0.25, 0.3) is 0 Å². The fraction of sp³-hybridized carbons (Fsp3) is 0.280. The summed E-state index contributed by atoms with van der Waals surface area (Å²) in [7, 11) is 0. The molecule has 31 heavy (non-hydrogen) atoms. The van der Waals surface area contributed by atoms with Crippen LogP contribution in [0.1, 0.15) is 30.4 Å². The van der Waals surface area contributed by atoms with Crippen molar-refractivity contribution < 1.29 is 14.6 Å². The smallest absolute Gasteiger partial charge is 0.326 e. The molecule has 0 amide bonds.